The molecule has 4 saturated carbocycles. The molecular formula is C23H38N2O3. The predicted octanol–water partition coefficient (Wildman–Crippen LogP) is 3.63. The van der Waals surface area contributed by atoms with Gasteiger partial charge in [-0.15, -0.1) is 0 Å². The first kappa shape index (κ1) is 19.3. The van der Waals surface area contributed by atoms with Crippen molar-refractivity contribution < 1.29 is 14.7 Å². The first-order valence-electron chi connectivity index (χ1n) is 11.7. The van der Waals surface area contributed by atoms with Crippen molar-refractivity contribution in [2.45, 2.75) is 95.9 Å². The molecule has 8 atom stereocenters. The van der Waals surface area contributed by atoms with Crippen molar-refractivity contribution in [1.82, 2.24) is 0 Å². The van der Waals surface area contributed by atoms with Gasteiger partial charge in [-0.05, 0) is 81.0 Å². The van der Waals surface area contributed by atoms with Crippen molar-refractivity contribution >= 4 is 5.71 Å². The van der Waals surface area contributed by atoms with Crippen LogP contribution in [0.2, 0.25) is 0 Å². The number of aliphatic hydroxyl groups excluding tert-OH is 1. The number of nitrogens with two attached hydrogens (primary N) is 1. The Labute approximate surface area is 169 Å². The first-order valence-corrected chi connectivity index (χ1v) is 11.7. The summed E-state index contributed by atoms with van der Waals surface area (Å²) in [5.74, 6) is 2.15. The summed E-state index contributed by atoms with van der Waals surface area (Å²) < 4.78 is 6.77. The highest BCUT2D eigenvalue weighted by molar-refractivity contribution is 5.97. The van der Waals surface area contributed by atoms with Gasteiger partial charge in [0, 0.05) is 12.0 Å². The van der Waals surface area contributed by atoms with Crippen LogP contribution in [0.3, 0.4) is 0 Å². The van der Waals surface area contributed by atoms with E-state index in [4.69, 9.17) is 15.3 Å². The van der Waals surface area contributed by atoms with Gasteiger partial charge < -0.3 is 20.4 Å². The quantitative estimate of drug-likeness (QED) is 0.436. The Bertz CT molecular complexity index is 683. The molecule has 0 aromatic carbocycles. The highest BCUT2D eigenvalue weighted by Crippen LogP contribution is 2.76. The second-order valence-corrected chi connectivity index (χ2v) is 10.7. The minimum Gasteiger partial charge on any atom is -0.394 e. The van der Waals surface area contributed by atoms with Crippen LogP contribution in [0.5, 0.6) is 0 Å². The lowest BCUT2D eigenvalue weighted by atomic mass is 9.43. The SMILES string of the molecule is CC[C@]12O[C@]13CC[C@H]1[C@@H]4CC[C@H](O)[C@@]4(C)CC[C@@H]1[C@@]3(C)CC/C2=N\OCCN. The number of rotatable bonds is 4. The Morgan fingerprint density at radius 3 is 2.71 bits per heavy atom. The zero-order valence-corrected chi connectivity index (χ0v) is 17.9. The van der Waals surface area contributed by atoms with Crippen LogP contribution < -0.4 is 5.73 Å². The summed E-state index contributed by atoms with van der Waals surface area (Å²) in [5, 5.41) is 15.2. The summed E-state index contributed by atoms with van der Waals surface area (Å²) >= 11 is 0. The second kappa shape index (κ2) is 6.18. The third-order valence-corrected chi connectivity index (χ3v) is 10.1. The molecule has 0 unspecified atom stereocenters. The highest BCUT2D eigenvalue weighted by atomic mass is 16.7. The topological polar surface area (TPSA) is 80.4 Å². The van der Waals surface area contributed by atoms with Crippen molar-refractivity contribution in [1.29, 1.82) is 0 Å². The number of aliphatic hydroxyl groups is 1. The summed E-state index contributed by atoms with van der Waals surface area (Å²) in [7, 11) is 0. The third-order valence-electron chi connectivity index (χ3n) is 10.1. The number of ether oxygens (including phenoxy) is 1. The van der Waals surface area contributed by atoms with Crippen molar-refractivity contribution in [3.8, 4) is 0 Å². The predicted molar refractivity (Wildman–Crippen MR) is 109 cm³/mol. The summed E-state index contributed by atoms with van der Waals surface area (Å²) in [5.41, 5.74) is 6.79. The van der Waals surface area contributed by atoms with Crippen molar-refractivity contribution in [2.24, 2.45) is 39.5 Å². The van der Waals surface area contributed by atoms with Crippen molar-refractivity contribution in [3.05, 3.63) is 0 Å². The number of hydrogen-bond donors (Lipinski definition) is 2. The molecule has 0 aromatic heterocycles. The summed E-state index contributed by atoms with van der Waals surface area (Å²) in [6.45, 7) is 8.10. The van der Waals surface area contributed by atoms with Crippen LogP contribution >= 0.6 is 0 Å². The minimum absolute atomic E-state index is 0.0516. The maximum absolute atomic E-state index is 10.7. The van der Waals surface area contributed by atoms with Gasteiger partial charge in [-0.1, -0.05) is 25.9 Å². The number of oxime groups is 1. The van der Waals surface area contributed by atoms with Gasteiger partial charge in [0.2, 0.25) is 0 Å². The van der Waals surface area contributed by atoms with Crippen LogP contribution in [0.1, 0.15) is 78.6 Å². The molecule has 5 rings (SSSR count). The highest BCUT2D eigenvalue weighted by Gasteiger charge is 2.83. The average molecular weight is 391 g/mol. The molecule has 0 radical (unpaired) electrons. The molecule has 5 heteroatoms. The maximum Gasteiger partial charge on any atom is 0.139 e. The lowest BCUT2D eigenvalue weighted by Crippen LogP contribution is -2.60. The van der Waals surface area contributed by atoms with Crippen LogP contribution in [0.15, 0.2) is 5.16 Å². The van der Waals surface area contributed by atoms with Gasteiger partial charge in [0.25, 0.3) is 0 Å². The van der Waals surface area contributed by atoms with E-state index in [0.29, 0.717) is 25.0 Å². The largest absolute Gasteiger partial charge is 0.394 e. The smallest absolute Gasteiger partial charge is 0.139 e. The number of hydrogen-bond acceptors (Lipinski definition) is 5. The summed E-state index contributed by atoms with van der Waals surface area (Å²) in [6.07, 6.45) is 10.00. The Morgan fingerprint density at radius 1 is 1.14 bits per heavy atom. The van der Waals surface area contributed by atoms with E-state index in [1.165, 1.54) is 25.7 Å². The molecule has 0 aromatic rings. The number of fused-ring (bicyclic) bond motifs is 4. The number of epoxide rings is 1. The van der Waals surface area contributed by atoms with E-state index in [0.717, 1.165) is 43.7 Å². The van der Waals surface area contributed by atoms with Gasteiger partial charge in [0.05, 0.1) is 11.8 Å². The average Bonchev–Trinajstić information content (AvgIpc) is 3.29. The van der Waals surface area contributed by atoms with Crippen molar-refractivity contribution in [3.63, 3.8) is 0 Å². The van der Waals surface area contributed by atoms with Gasteiger partial charge in [0.15, 0.2) is 0 Å². The van der Waals surface area contributed by atoms with Crippen LogP contribution in [0.25, 0.3) is 0 Å². The van der Waals surface area contributed by atoms with Crippen LogP contribution in [0, 0.1) is 28.6 Å². The molecule has 28 heavy (non-hydrogen) atoms. The van der Waals surface area contributed by atoms with E-state index in [1.54, 1.807) is 0 Å². The molecule has 158 valence electrons. The lowest BCUT2D eigenvalue weighted by Gasteiger charge is -2.59. The normalized spacial score (nSPS) is 55.8. The Morgan fingerprint density at radius 2 is 1.96 bits per heavy atom. The Kier molecular flexibility index (Phi) is 4.26. The lowest BCUT2D eigenvalue weighted by molar-refractivity contribution is -0.120. The molecule has 1 saturated heterocycles. The third kappa shape index (κ3) is 2.11. The van der Waals surface area contributed by atoms with E-state index in [-0.39, 0.29) is 28.1 Å². The first-order chi connectivity index (χ1) is 13.4. The summed E-state index contributed by atoms with van der Waals surface area (Å²) in [4.78, 5) is 5.50. The molecule has 4 aliphatic carbocycles. The molecule has 1 heterocycles. The van der Waals surface area contributed by atoms with E-state index in [9.17, 15) is 5.11 Å². The zero-order chi connectivity index (χ0) is 19.8. The molecule has 5 fully saturated rings. The van der Waals surface area contributed by atoms with Gasteiger partial charge in [0.1, 0.15) is 17.8 Å². The Balaban J connectivity index is 1.46. The molecule has 1 spiro atoms. The molecule has 3 N–H and O–H groups in total. The fraction of sp³-hybridized carbons (Fsp3) is 0.957. The molecule has 1 aliphatic heterocycles. The molecule has 5 nitrogen and oxygen atoms in total. The van der Waals surface area contributed by atoms with E-state index >= 15 is 0 Å². The zero-order valence-electron chi connectivity index (χ0n) is 17.9. The van der Waals surface area contributed by atoms with Gasteiger partial charge in [-0.3, -0.25) is 0 Å². The van der Waals surface area contributed by atoms with Gasteiger partial charge >= 0.3 is 0 Å². The van der Waals surface area contributed by atoms with E-state index in [1.807, 2.05) is 0 Å². The van der Waals surface area contributed by atoms with E-state index < -0.39 is 0 Å². The standard InChI is InChI=1S/C23H38N2O3/c1-4-22-18(25-27-14-13-24)9-11-21(3)17-8-10-20(2)16(5-6-19(20)26)15(17)7-12-23(21,22)28-22/h15-17,19,26H,4-14,24H2,1-3H3/b25-18+/t15-,16-,17-,19-,20-,21+,22+,23-/m0/s1. The fourth-order valence-corrected chi connectivity index (χ4v) is 8.63. The maximum atomic E-state index is 10.7. The van der Waals surface area contributed by atoms with Gasteiger partial charge in [-0.2, -0.15) is 0 Å². The monoisotopic (exact) mass is 390 g/mol. The summed E-state index contributed by atoms with van der Waals surface area (Å²) in [6, 6.07) is 0. The van der Waals surface area contributed by atoms with Gasteiger partial charge in [-0.25, -0.2) is 0 Å². The van der Waals surface area contributed by atoms with E-state index in [2.05, 4.69) is 25.9 Å². The van der Waals surface area contributed by atoms with Crippen molar-refractivity contribution in [2.75, 3.05) is 13.2 Å². The minimum atomic E-state index is -0.213. The molecular weight excluding hydrogens is 352 g/mol. The molecule has 0 bridgehead atoms. The van der Waals surface area contributed by atoms with Crippen LogP contribution in [-0.2, 0) is 9.57 Å². The Hall–Kier alpha value is -0.650. The van der Waals surface area contributed by atoms with Crippen LogP contribution in [0.4, 0.5) is 0 Å². The molecule has 5 aliphatic rings. The molecule has 0 amide bonds. The fourth-order valence-electron chi connectivity index (χ4n) is 8.63. The number of nitrogens with zero attached hydrogens (tertiary/aromatic N) is 1. The van der Waals surface area contributed by atoms with Crippen LogP contribution in [-0.4, -0.2) is 41.3 Å². The second-order valence-electron chi connectivity index (χ2n) is 10.7.